The minimum absolute atomic E-state index is 0.350. The number of carbonyl (C=O) groups is 1. The second-order valence-corrected chi connectivity index (χ2v) is 7.66. The van der Waals surface area contributed by atoms with Crippen molar-refractivity contribution in [3.63, 3.8) is 0 Å². The number of benzene rings is 3. The van der Waals surface area contributed by atoms with E-state index in [0.29, 0.717) is 11.7 Å². The Hall–Kier alpha value is -3.87. The molecule has 0 amide bonds. The molecule has 3 atom stereocenters. The van der Waals surface area contributed by atoms with E-state index in [1.165, 1.54) is 0 Å². The number of nitrogens with zero attached hydrogens (tertiary/aromatic N) is 5. The normalized spacial score (nSPS) is 18.8. The summed E-state index contributed by atoms with van der Waals surface area (Å²) < 4.78 is 7.52. The van der Waals surface area contributed by atoms with Gasteiger partial charge in [-0.2, -0.15) is 0 Å². The molecular weight excluding hydrogens is 390 g/mol. The third-order valence-corrected chi connectivity index (χ3v) is 5.74. The van der Waals surface area contributed by atoms with Gasteiger partial charge in [-0.25, -0.2) is 9.67 Å². The number of ether oxygens (including phenoxy) is 1. The van der Waals surface area contributed by atoms with Crippen molar-refractivity contribution in [1.29, 1.82) is 0 Å². The molecule has 0 aliphatic carbocycles. The van der Waals surface area contributed by atoms with Gasteiger partial charge in [0, 0.05) is 5.71 Å². The number of carbonyl (C=O) groups excluding carboxylic acids is 1. The Bertz CT molecular complexity index is 1280. The van der Waals surface area contributed by atoms with Crippen molar-refractivity contribution in [2.24, 2.45) is 10.9 Å². The van der Waals surface area contributed by atoms with Crippen LogP contribution in [0.1, 0.15) is 37.1 Å². The number of hydrogen-bond donors (Lipinski definition) is 0. The summed E-state index contributed by atoms with van der Waals surface area (Å²) in [6, 6.07) is 23.4. The third kappa shape index (κ3) is 3.38. The van der Waals surface area contributed by atoms with Gasteiger partial charge >= 0.3 is 5.97 Å². The second-order valence-electron chi connectivity index (χ2n) is 7.66. The number of aromatic nitrogens is 4. The molecule has 2 heterocycles. The van der Waals surface area contributed by atoms with Gasteiger partial charge in [0.15, 0.2) is 0 Å². The molecule has 3 aromatic carbocycles. The summed E-state index contributed by atoms with van der Waals surface area (Å²) in [6.07, 6.45) is -0.384. The fourth-order valence-corrected chi connectivity index (χ4v) is 4.20. The number of esters is 1. The Morgan fingerprint density at radius 3 is 2.58 bits per heavy atom. The monoisotopic (exact) mass is 411 g/mol. The Morgan fingerprint density at radius 2 is 1.74 bits per heavy atom. The lowest BCUT2D eigenvalue weighted by atomic mass is 9.86. The molecular formula is C24H21N5O2. The molecule has 7 heteroatoms. The highest BCUT2D eigenvalue weighted by Gasteiger charge is 2.41. The maximum atomic E-state index is 13.5. The molecule has 31 heavy (non-hydrogen) atoms. The second kappa shape index (κ2) is 7.75. The summed E-state index contributed by atoms with van der Waals surface area (Å²) in [7, 11) is 0. The Balaban J connectivity index is 1.58. The van der Waals surface area contributed by atoms with Crippen molar-refractivity contribution >= 4 is 28.4 Å². The fraction of sp³-hybridized carbons (Fsp3) is 0.208. The molecule has 0 N–H and O–H groups in total. The molecule has 1 aliphatic rings. The van der Waals surface area contributed by atoms with Crippen molar-refractivity contribution in [1.82, 2.24) is 20.2 Å². The highest BCUT2D eigenvalue weighted by atomic mass is 16.5. The summed E-state index contributed by atoms with van der Waals surface area (Å²) >= 11 is 0. The van der Waals surface area contributed by atoms with Crippen molar-refractivity contribution in [3.05, 3.63) is 83.9 Å². The average molecular weight is 411 g/mol. The largest absolute Gasteiger partial charge is 0.457 e. The minimum atomic E-state index is -0.645. The van der Waals surface area contributed by atoms with E-state index in [0.717, 1.165) is 21.9 Å². The van der Waals surface area contributed by atoms with E-state index >= 15 is 0 Å². The first-order chi connectivity index (χ1) is 15.1. The van der Waals surface area contributed by atoms with Gasteiger partial charge in [0.25, 0.3) is 5.95 Å². The van der Waals surface area contributed by atoms with E-state index in [1.807, 2.05) is 86.6 Å². The SMILES string of the molecule is CC1=Nc2nnnn2C(c2cccc3ccccc23)C1C(=O)OC(C)c1ccccc1. The number of hydrogen-bond acceptors (Lipinski definition) is 6. The standard InChI is InChI=1S/C24H21N5O2/c1-15-21(23(30)31-16(2)17-9-4-3-5-10-17)22(29-24(25-15)26-27-28-29)20-14-8-12-18-11-6-7-13-19(18)20/h3-14,16,21-22H,1-2H3. The molecule has 0 saturated heterocycles. The Labute approximate surface area is 179 Å². The van der Waals surface area contributed by atoms with Gasteiger partial charge in [-0.3, -0.25) is 4.79 Å². The molecule has 0 spiro atoms. The molecule has 1 aromatic heterocycles. The van der Waals surface area contributed by atoms with Crippen LogP contribution in [0.2, 0.25) is 0 Å². The predicted molar refractivity (Wildman–Crippen MR) is 117 cm³/mol. The zero-order chi connectivity index (χ0) is 21.4. The van der Waals surface area contributed by atoms with E-state index < -0.39 is 12.0 Å². The molecule has 0 bridgehead atoms. The van der Waals surface area contributed by atoms with Crippen LogP contribution in [0.15, 0.2) is 77.8 Å². The van der Waals surface area contributed by atoms with Crippen LogP contribution in [-0.2, 0) is 9.53 Å². The zero-order valence-corrected chi connectivity index (χ0v) is 17.2. The number of rotatable bonds is 4. The number of tetrazole rings is 1. The van der Waals surface area contributed by atoms with Gasteiger partial charge in [0.2, 0.25) is 0 Å². The van der Waals surface area contributed by atoms with Gasteiger partial charge in [-0.1, -0.05) is 77.9 Å². The van der Waals surface area contributed by atoms with Crippen LogP contribution < -0.4 is 0 Å². The highest BCUT2D eigenvalue weighted by molar-refractivity contribution is 6.04. The van der Waals surface area contributed by atoms with Crippen LogP contribution in [-0.4, -0.2) is 31.9 Å². The van der Waals surface area contributed by atoms with Crippen molar-refractivity contribution < 1.29 is 9.53 Å². The Kier molecular flexibility index (Phi) is 4.78. The highest BCUT2D eigenvalue weighted by Crippen LogP contribution is 2.39. The van der Waals surface area contributed by atoms with E-state index in [1.54, 1.807) is 4.68 Å². The molecule has 0 fully saturated rings. The first kappa shape index (κ1) is 19.1. The van der Waals surface area contributed by atoms with Gasteiger partial charge in [0.05, 0.1) is 0 Å². The summed E-state index contributed by atoms with van der Waals surface area (Å²) in [5, 5.41) is 14.1. The van der Waals surface area contributed by atoms with Crippen molar-refractivity contribution in [3.8, 4) is 0 Å². The Morgan fingerprint density at radius 1 is 1.00 bits per heavy atom. The maximum Gasteiger partial charge on any atom is 0.317 e. The van der Waals surface area contributed by atoms with Gasteiger partial charge < -0.3 is 4.74 Å². The van der Waals surface area contributed by atoms with Crippen molar-refractivity contribution in [2.75, 3.05) is 0 Å². The maximum absolute atomic E-state index is 13.5. The van der Waals surface area contributed by atoms with Crippen LogP contribution >= 0.6 is 0 Å². The van der Waals surface area contributed by atoms with Crippen LogP contribution in [0, 0.1) is 5.92 Å². The number of fused-ring (bicyclic) bond motifs is 2. The van der Waals surface area contributed by atoms with Crippen LogP contribution in [0.25, 0.3) is 10.8 Å². The molecule has 7 nitrogen and oxygen atoms in total. The van der Waals surface area contributed by atoms with E-state index in [-0.39, 0.29) is 12.1 Å². The van der Waals surface area contributed by atoms with Crippen LogP contribution in [0.3, 0.4) is 0 Å². The van der Waals surface area contributed by atoms with Crippen LogP contribution in [0.4, 0.5) is 5.95 Å². The molecule has 5 rings (SSSR count). The fourth-order valence-electron chi connectivity index (χ4n) is 4.20. The van der Waals surface area contributed by atoms with Gasteiger partial charge in [0.1, 0.15) is 18.1 Å². The summed E-state index contributed by atoms with van der Waals surface area (Å²) in [4.78, 5) is 17.9. The van der Waals surface area contributed by atoms with Crippen molar-refractivity contribution in [2.45, 2.75) is 26.0 Å². The first-order valence-corrected chi connectivity index (χ1v) is 10.2. The average Bonchev–Trinajstić information content (AvgIpc) is 3.26. The molecule has 0 radical (unpaired) electrons. The number of aliphatic imine (C=N–C) groups is 1. The molecule has 1 aliphatic heterocycles. The third-order valence-electron chi connectivity index (χ3n) is 5.74. The molecule has 4 aromatic rings. The summed E-state index contributed by atoms with van der Waals surface area (Å²) in [5.41, 5.74) is 2.52. The summed E-state index contributed by atoms with van der Waals surface area (Å²) in [6.45, 7) is 3.70. The van der Waals surface area contributed by atoms with Crippen LogP contribution in [0.5, 0.6) is 0 Å². The smallest absolute Gasteiger partial charge is 0.317 e. The van der Waals surface area contributed by atoms with E-state index in [9.17, 15) is 4.79 Å². The topological polar surface area (TPSA) is 82.3 Å². The molecule has 154 valence electrons. The summed E-state index contributed by atoms with van der Waals surface area (Å²) in [5.74, 6) is -0.611. The molecule has 3 unspecified atom stereocenters. The lowest BCUT2D eigenvalue weighted by Crippen LogP contribution is -2.37. The van der Waals surface area contributed by atoms with Gasteiger partial charge in [-0.15, -0.1) is 0 Å². The minimum Gasteiger partial charge on any atom is -0.457 e. The van der Waals surface area contributed by atoms with E-state index in [4.69, 9.17) is 4.74 Å². The quantitative estimate of drug-likeness (QED) is 0.464. The van der Waals surface area contributed by atoms with Gasteiger partial charge in [-0.05, 0) is 46.2 Å². The molecule has 0 saturated carbocycles. The first-order valence-electron chi connectivity index (χ1n) is 10.2. The predicted octanol–water partition coefficient (Wildman–Crippen LogP) is 4.44. The van der Waals surface area contributed by atoms with E-state index in [2.05, 4.69) is 20.5 Å². The lowest BCUT2D eigenvalue weighted by Gasteiger charge is -2.30. The lowest BCUT2D eigenvalue weighted by molar-refractivity contribution is -0.152. The zero-order valence-electron chi connectivity index (χ0n) is 17.2.